The molecule has 3 aromatic rings. The summed E-state index contributed by atoms with van der Waals surface area (Å²) in [5.74, 6) is 0. The Hall–Kier alpha value is -2.48. The summed E-state index contributed by atoms with van der Waals surface area (Å²) in [5, 5.41) is 0. The van der Waals surface area contributed by atoms with Crippen LogP contribution in [-0.4, -0.2) is 20.5 Å². The minimum atomic E-state index is -4.32. The molecule has 1 unspecified atom stereocenters. The van der Waals surface area contributed by atoms with Gasteiger partial charge in [0.2, 0.25) is 0 Å². The molecule has 0 amide bonds. The quantitative estimate of drug-likeness (QED) is 0.607. The molecule has 28 heavy (non-hydrogen) atoms. The first-order chi connectivity index (χ1) is 13.2. The van der Waals surface area contributed by atoms with Crippen molar-refractivity contribution < 1.29 is 16.8 Å². The monoisotopic (exact) mass is 415 g/mol. The van der Waals surface area contributed by atoms with Crippen LogP contribution in [-0.2, 0) is 20.0 Å². The van der Waals surface area contributed by atoms with Crippen LogP contribution in [0.25, 0.3) is 0 Å². The number of hydrogen-bond acceptors (Lipinski definition) is 4. The normalized spacial score (nSPS) is 13.4. The maximum Gasteiger partial charge on any atom is 0.256 e. The lowest BCUT2D eigenvalue weighted by Gasteiger charge is -2.28. The van der Waals surface area contributed by atoms with Crippen molar-refractivity contribution in [1.29, 1.82) is 0 Å². The van der Waals surface area contributed by atoms with Gasteiger partial charge in [0.05, 0.1) is 15.8 Å². The van der Waals surface area contributed by atoms with Gasteiger partial charge in [0, 0.05) is 0 Å². The third-order valence-electron chi connectivity index (χ3n) is 4.40. The van der Waals surface area contributed by atoms with E-state index in [2.05, 4.69) is 0 Å². The molecular formula is C21H21NO4S2. The van der Waals surface area contributed by atoms with E-state index in [0.717, 1.165) is 5.56 Å². The molecule has 1 atom stereocenters. The molecule has 0 saturated carbocycles. The molecule has 0 aromatic heterocycles. The highest BCUT2D eigenvalue weighted by atomic mass is 32.3. The highest BCUT2D eigenvalue weighted by Crippen LogP contribution is 2.33. The van der Waals surface area contributed by atoms with Gasteiger partial charge in [-0.1, -0.05) is 69.9 Å². The average molecular weight is 416 g/mol. The molecule has 0 aliphatic carbocycles. The van der Waals surface area contributed by atoms with Crippen LogP contribution < -0.4 is 0 Å². The minimum absolute atomic E-state index is 0.0750. The Labute approximate surface area is 166 Å². The number of benzene rings is 3. The summed E-state index contributed by atoms with van der Waals surface area (Å²) in [7, 11) is -8.64. The van der Waals surface area contributed by atoms with Gasteiger partial charge >= 0.3 is 0 Å². The molecule has 5 nitrogen and oxygen atoms in total. The zero-order chi connectivity index (χ0) is 20.4. The van der Waals surface area contributed by atoms with Gasteiger partial charge in [-0.3, -0.25) is 0 Å². The number of hydrogen-bond donors (Lipinski definition) is 0. The van der Waals surface area contributed by atoms with Gasteiger partial charge in [0.15, 0.2) is 0 Å². The van der Waals surface area contributed by atoms with Crippen molar-refractivity contribution in [2.24, 2.45) is 0 Å². The van der Waals surface area contributed by atoms with Gasteiger partial charge in [-0.2, -0.15) is 0 Å². The zero-order valence-corrected chi connectivity index (χ0v) is 17.2. The van der Waals surface area contributed by atoms with Crippen molar-refractivity contribution in [3.8, 4) is 0 Å². The van der Waals surface area contributed by atoms with E-state index < -0.39 is 26.1 Å². The smallest absolute Gasteiger partial charge is 0.206 e. The molecule has 0 radical (unpaired) electrons. The lowest BCUT2D eigenvalue weighted by Crippen LogP contribution is -2.39. The minimum Gasteiger partial charge on any atom is -0.206 e. The maximum atomic E-state index is 13.4. The highest BCUT2D eigenvalue weighted by molar-refractivity contribution is 8.04. The van der Waals surface area contributed by atoms with Gasteiger partial charge in [-0.05, 0) is 43.7 Å². The molecule has 3 aromatic carbocycles. The standard InChI is InChI=1S/C21H21NO4S2/c1-17-10-9-11-19(16-17)18(2)22(27(23,24)20-12-5-3-6-13-20)28(25,26)21-14-7-4-8-15-21/h3-16,18H,1-2H3. The van der Waals surface area contributed by atoms with E-state index in [4.69, 9.17) is 0 Å². The van der Waals surface area contributed by atoms with Crippen LogP contribution >= 0.6 is 0 Å². The lowest BCUT2D eigenvalue weighted by atomic mass is 10.1. The summed E-state index contributed by atoms with van der Waals surface area (Å²) in [6.07, 6.45) is 0. The molecule has 3 rings (SSSR count). The topological polar surface area (TPSA) is 71.5 Å². The van der Waals surface area contributed by atoms with Crippen LogP contribution in [0.1, 0.15) is 24.1 Å². The fraction of sp³-hybridized carbons (Fsp3) is 0.143. The van der Waals surface area contributed by atoms with Crippen LogP contribution in [0.15, 0.2) is 94.7 Å². The van der Waals surface area contributed by atoms with Crippen molar-refractivity contribution >= 4 is 20.0 Å². The number of sulfonamides is 2. The molecule has 0 aliphatic rings. The van der Waals surface area contributed by atoms with E-state index in [0.29, 0.717) is 9.27 Å². The first-order valence-corrected chi connectivity index (χ1v) is 11.6. The summed E-state index contributed by atoms with van der Waals surface area (Å²) in [4.78, 5) is -0.150. The summed E-state index contributed by atoms with van der Waals surface area (Å²) < 4.78 is 54.2. The molecule has 7 heteroatoms. The van der Waals surface area contributed by atoms with Crippen molar-refractivity contribution in [2.75, 3.05) is 0 Å². The molecule has 0 heterocycles. The van der Waals surface area contributed by atoms with E-state index in [1.54, 1.807) is 61.5 Å². The largest absolute Gasteiger partial charge is 0.256 e. The van der Waals surface area contributed by atoms with Crippen molar-refractivity contribution in [3.63, 3.8) is 0 Å². The Morgan fingerprint density at radius 3 is 1.57 bits per heavy atom. The first-order valence-electron chi connectivity index (χ1n) is 8.71. The van der Waals surface area contributed by atoms with E-state index in [1.165, 1.54) is 24.3 Å². The van der Waals surface area contributed by atoms with Crippen LogP contribution in [0.5, 0.6) is 0 Å². The summed E-state index contributed by atoms with van der Waals surface area (Å²) in [5.41, 5.74) is 1.51. The van der Waals surface area contributed by atoms with E-state index >= 15 is 0 Å². The van der Waals surface area contributed by atoms with Gasteiger partial charge in [0.1, 0.15) is 0 Å². The Morgan fingerprint density at radius 1 is 0.679 bits per heavy atom. The molecule has 0 bridgehead atoms. The molecular weight excluding hydrogens is 394 g/mol. The Balaban J connectivity index is 2.23. The Kier molecular flexibility index (Phi) is 5.69. The Bertz CT molecular complexity index is 1090. The molecule has 0 fully saturated rings. The summed E-state index contributed by atoms with van der Waals surface area (Å²) >= 11 is 0. The third-order valence-corrected chi connectivity index (χ3v) is 8.89. The Morgan fingerprint density at radius 2 is 1.14 bits per heavy atom. The van der Waals surface area contributed by atoms with Gasteiger partial charge < -0.3 is 0 Å². The van der Waals surface area contributed by atoms with E-state index in [9.17, 15) is 16.8 Å². The highest BCUT2D eigenvalue weighted by Gasteiger charge is 2.40. The second-order valence-corrected chi connectivity index (χ2v) is 10.3. The SMILES string of the molecule is Cc1cccc(C(C)N(S(=O)(=O)c2ccccc2)S(=O)(=O)c2ccccc2)c1. The number of nitrogens with zero attached hydrogens (tertiary/aromatic N) is 1. The zero-order valence-electron chi connectivity index (χ0n) is 15.6. The summed E-state index contributed by atoms with van der Waals surface area (Å²) in [6.45, 7) is 3.45. The predicted molar refractivity (Wildman–Crippen MR) is 109 cm³/mol. The third kappa shape index (κ3) is 3.87. The fourth-order valence-electron chi connectivity index (χ4n) is 2.99. The predicted octanol–water partition coefficient (Wildman–Crippen LogP) is 4.14. The average Bonchev–Trinajstić information content (AvgIpc) is 2.69. The molecule has 0 aliphatic heterocycles. The van der Waals surface area contributed by atoms with E-state index in [1.807, 2.05) is 13.0 Å². The van der Waals surface area contributed by atoms with Crippen LogP contribution in [0.2, 0.25) is 0 Å². The molecule has 146 valence electrons. The van der Waals surface area contributed by atoms with Gasteiger partial charge in [-0.25, -0.2) is 16.8 Å². The maximum absolute atomic E-state index is 13.4. The second-order valence-electron chi connectivity index (χ2n) is 6.45. The fourth-order valence-corrected chi connectivity index (χ4v) is 7.03. The van der Waals surface area contributed by atoms with Crippen LogP contribution in [0.3, 0.4) is 0 Å². The first kappa shape index (κ1) is 20.3. The second kappa shape index (κ2) is 7.87. The summed E-state index contributed by atoms with van der Waals surface area (Å²) in [6, 6.07) is 21.5. The number of aryl methyl sites for hydroxylation is 1. The van der Waals surface area contributed by atoms with E-state index in [-0.39, 0.29) is 9.79 Å². The molecule has 0 saturated heterocycles. The lowest BCUT2D eigenvalue weighted by molar-refractivity contribution is 0.448. The van der Waals surface area contributed by atoms with Crippen molar-refractivity contribution in [1.82, 2.24) is 3.71 Å². The number of rotatable bonds is 6. The molecule has 0 spiro atoms. The van der Waals surface area contributed by atoms with Crippen molar-refractivity contribution in [3.05, 3.63) is 96.1 Å². The van der Waals surface area contributed by atoms with Crippen LogP contribution in [0, 0.1) is 6.92 Å². The van der Waals surface area contributed by atoms with Gasteiger partial charge in [0.25, 0.3) is 20.0 Å². The van der Waals surface area contributed by atoms with Crippen molar-refractivity contribution in [2.45, 2.75) is 29.7 Å². The van der Waals surface area contributed by atoms with Gasteiger partial charge in [-0.15, -0.1) is 0 Å². The van der Waals surface area contributed by atoms with Crippen LogP contribution in [0.4, 0.5) is 0 Å². The molecule has 0 N–H and O–H groups in total.